The van der Waals surface area contributed by atoms with Crippen LogP contribution in [-0.2, 0) is 4.79 Å². The van der Waals surface area contributed by atoms with Gasteiger partial charge in [0.2, 0.25) is 5.91 Å². The van der Waals surface area contributed by atoms with Gasteiger partial charge in [-0.05, 0) is 12.1 Å². The Labute approximate surface area is 90.8 Å². The van der Waals surface area contributed by atoms with Crippen molar-refractivity contribution in [2.24, 2.45) is 0 Å². The predicted octanol–water partition coefficient (Wildman–Crippen LogP) is 3.61. The quantitative estimate of drug-likeness (QED) is 0.744. The van der Waals surface area contributed by atoms with Gasteiger partial charge in [-0.2, -0.15) is 0 Å². The van der Waals surface area contributed by atoms with Crippen LogP contribution in [0.2, 0.25) is 15.1 Å². The van der Waals surface area contributed by atoms with Crippen molar-refractivity contribution in [1.82, 2.24) is 0 Å². The van der Waals surface area contributed by atoms with Gasteiger partial charge >= 0.3 is 0 Å². The van der Waals surface area contributed by atoms with Gasteiger partial charge < -0.3 is 5.32 Å². The molecule has 1 amide bonds. The Bertz CT molecular complexity index is 351. The van der Waals surface area contributed by atoms with Crippen LogP contribution >= 0.6 is 34.8 Å². The average molecular weight is 239 g/mol. The zero-order valence-electron chi connectivity index (χ0n) is 6.70. The van der Waals surface area contributed by atoms with Crippen molar-refractivity contribution >= 4 is 46.4 Å². The number of benzene rings is 1. The van der Waals surface area contributed by atoms with Gasteiger partial charge in [0.25, 0.3) is 0 Å². The number of hydrogen-bond acceptors (Lipinski definition) is 1. The molecule has 1 aromatic carbocycles. The van der Waals surface area contributed by atoms with Crippen molar-refractivity contribution in [3.63, 3.8) is 0 Å². The van der Waals surface area contributed by atoms with Gasteiger partial charge in [0.15, 0.2) is 0 Å². The highest BCUT2D eigenvalue weighted by Gasteiger charge is 2.06. The predicted molar refractivity (Wildman–Crippen MR) is 55.8 cm³/mol. The fourth-order valence-electron chi connectivity index (χ4n) is 0.808. The minimum atomic E-state index is -0.208. The second kappa shape index (κ2) is 4.18. The first-order valence-corrected chi connectivity index (χ1v) is 4.56. The van der Waals surface area contributed by atoms with Crippen molar-refractivity contribution in [1.29, 1.82) is 0 Å². The van der Waals surface area contributed by atoms with E-state index in [0.29, 0.717) is 20.8 Å². The van der Waals surface area contributed by atoms with Crippen LogP contribution in [0.5, 0.6) is 0 Å². The number of carbonyl (C=O) groups is 1. The molecule has 13 heavy (non-hydrogen) atoms. The molecule has 0 bridgehead atoms. The van der Waals surface area contributed by atoms with Gasteiger partial charge in [-0.15, -0.1) is 0 Å². The molecule has 0 aliphatic rings. The summed E-state index contributed by atoms with van der Waals surface area (Å²) in [7, 11) is 0. The summed E-state index contributed by atoms with van der Waals surface area (Å²) in [5.74, 6) is -0.208. The Kier molecular flexibility index (Phi) is 3.42. The van der Waals surface area contributed by atoms with E-state index in [-0.39, 0.29) is 5.91 Å². The summed E-state index contributed by atoms with van der Waals surface area (Å²) in [6.07, 6.45) is 0. The third-order valence-corrected chi connectivity index (χ3v) is 2.36. The first-order valence-electron chi connectivity index (χ1n) is 3.43. The Morgan fingerprint density at radius 2 is 1.69 bits per heavy atom. The van der Waals surface area contributed by atoms with Gasteiger partial charge in [-0.3, -0.25) is 4.79 Å². The minimum Gasteiger partial charge on any atom is -0.325 e. The summed E-state index contributed by atoms with van der Waals surface area (Å²) >= 11 is 17.2. The molecular formula is C8H6Cl3NO. The SMILES string of the molecule is CC(=O)Nc1cc(Cl)c(Cl)cc1Cl. The molecular weight excluding hydrogens is 232 g/mol. The highest BCUT2D eigenvalue weighted by molar-refractivity contribution is 6.44. The molecule has 0 aromatic heterocycles. The fourth-order valence-corrected chi connectivity index (χ4v) is 1.40. The molecule has 0 heterocycles. The first-order chi connectivity index (χ1) is 6.00. The molecule has 70 valence electrons. The van der Waals surface area contributed by atoms with Crippen LogP contribution in [0.15, 0.2) is 12.1 Å². The molecule has 0 aliphatic heterocycles. The second-order valence-corrected chi connectivity index (χ2v) is 3.65. The number of hydrogen-bond donors (Lipinski definition) is 1. The number of anilines is 1. The van der Waals surface area contributed by atoms with E-state index in [1.807, 2.05) is 0 Å². The molecule has 0 saturated carbocycles. The lowest BCUT2D eigenvalue weighted by atomic mass is 10.3. The van der Waals surface area contributed by atoms with E-state index in [9.17, 15) is 4.79 Å². The summed E-state index contributed by atoms with van der Waals surface area (Å²) in [6, 6.07) is 2.99. The number of amides is 1. The van der Waals surface area contributed by atoms with E-state index in [2.05, 4.69) is 5.32 Å². The maximum Gasteiger partial charge on any atom is 0.221 e. The van der Waals surface area contributed by atoms with Crippen molar-refractivity contribution < 1.29 is 4.79 Å². The lowest BCUT2D eigenvalue weighted by Crippen LogP contribution is -2.06. The molecule has 0 atom stereocenters. The first kappa shape index (κ1) is 10.6. The van der Waals surface area contributed by atoms with Crippen LogP contribution in [0, 0.1) is 0 Å². The second-order valence-electron chi connectivity index (χ2n) is 2.43. The van der Waals surface area contributed by atoms with Gasteiger partial charge in [0, 0.05) is 6.92 Å². The summed E-state index contributed by atoms with van der Waals surface area (Å²) in [6.45, 7) is 1.39. The van der Waals surface area contributed by atoms with Crippen molar-refractivity contribution in [3.8, 4) is 0 Å². The summed E-state index contributed by atoms with van der Waals surface area (Å²) in [4.78, 5) is 10.7. The molecule has 5 heteroatoms. The van der Waals surface area contributed by atoms with E-state index in [1.165, 1.54) is 19.1 Å². The Hall–Kier alpha value is -0.440. The van der Waals surface area contributed by atoms with E-state index in [4.69, 9.17) is 34.8 Å². The highest BCUT2D eigenvalue weighted by Crippen LogP contribution is 2.31. The standard InChI is InChI=1S/C8H6Cl3NO/c1-4(13)12-8-3-6(10)5(9)2-7(8)11/h2-3H,1H3,(H,12,13). The summed E-state index contributed by atoms with van der Waals surface area (Å²) in [5, 5.41) is 3.61. The lowest BCUT2D eigenvalue weighted by Gasteiger charge is -2.05. The Morgan fingerprint density at radius 3 is 2.23 bits per heavy atom. The molecule has 0 spiro atoms. The highest BCUT2D eigenvalue weighted by atomic mass is 35.5. The van der Waals surface area contributed by atoms with E-state index >= 15 is 0 Å². The van der Waals surface area contributed by atoms with Crippen LogP contribution in [0.1, 0.15) is 6.92 Å². The molecule has 1 N–H and O–H groups in total. The normalized spacial score (nSPS) is 9.85. The summed E-state index contributed by atoms with van der Waals surface area (Å²) in [5.41, 5.74) is 0.462. The summed E-state index contributed by atoms with van der Waals surface area (Å²) < 4.78 is 0. The van der Waals surface area contributed by atoms with E-state index in [0.717, 1.165) is 0 Å². The zero-order valence-corrected chi connectivity index (χ0v) is 8.96. The van der Waals surface area contributed by atoms with E-state index < -0.39 is 0 Å². The molecule has 1 rings (SSSR count). The third kappa shape index (κ3) is 2.76. The van der Waals surface area contributed by atoms with E-state index in [1.54, 1.807) is 0 Å². The molecule has 2 nitrogen and oxygen atoms in total. The Morgan fingerprint density at radius 1 is 1.15 bits per heavy atom. The van der Waals surface area contributed by atoms with Gasteiger partial charge in [-0.25, -0.2) is 0 Å². The minimum absolute atomic E-state index is 0.208. The van der Waals surface area contributed by atoms with Crippen LogP contribution < -0.4 is 5.32 Å². The maximum absolute atomic E-state index is 10.7. The zero-order chi connectivity index (χ0) is 10.0. The van der Waals surface area contributed by atoms with Gasteiger partial charge in [-0.1, -0.05) is 34.8 Å². The van der Waals surface area contributed by atoms with Crippen LogP contribution in [0.4, 0.5) is 5.69 Å². The van der Waals surface area contributed by atoms with Crippen molar-refractivity contribution in [2.75, 3.05) is 5.32 Å². The van der Waals surface area contributed by atoms with Crippen molar-refractivity contribution in [2.45, 2.75) is 6.92 Å². The molecule has 1 aromatic rings. The molecule has 0 aliphatic carbocycles. The molecule has 0 fully saturated rings. The number of carbonyl (C=O) groups excluding carboxylic acids is 1. The lowest BCUT2D eigenvalue weighted by molar-refractivity contribution is -0.114. The number of halogens is 3. The van der Waals surface area contributed by atoms with Gasteiger partial charge in [0.05, 0.1) is 20.8 Å². The van der Waals surface area contributed by atoms with Crippen LogP contribution in [0.25, 0.3) is 0 Å². The molecule has 0 unspecified atom stereocenters. The van der Waals surface area contributed by atoms with Crippen LogP contribution in [-0.4, -0.2) is 5.91 Å². The number of nitrogens with one attached hydrogen (secondary N) is 1. The fraction of sp³-hybridized carbons (Fsp3) is 0.125. The largest absolute Gasteiger partial charge is 0.325 e. The molecule has 0 radical (unpaired) electrons. The number of rotatable bonds is 1. The third-order valence-electron chi connectivity index (χ3n) is 1.32. The Balaban J connectivity index is 3.08. The molecule has 0 saturated heterocycles. The monoisotopic (exact) mass is 237 g/mol. The van der Waals surface area contributed by atoms with Crippen molar-refractivity contribution in [3.05, 3.63) is 27.2 Å². The topological polar surface area (TPSA) is 29.1 Å². The smallest absolute Gasteiger partial charge is 0.221 e. The maximum atomic E-state index is 10.7. The van der Waals surface area contributed by atoms with Crippen LogP contribution in [0.3, 0.4) is 0 Å². The van der Waals surface area contributed by atoms with Gasteiger partial charge in [0.1, 0.15) is 0 Å². The average Bonchev–Trinajstić information content (AvgIpc) is 1.99.